The third-order valence-electron chi connectivity index (χ3n) is 2.46. The van der Waals surface area contributed by atoms with E-state index in [0.717, 1.165) is 18.2 Å². The van der Waals surface area contributed by atoms with E-state index in [2.05, 4.69) is 22.9 Å². The van der Waals surface area contributed by atoms with Gasteiger partial charge in [-0.25, -0.2) is 29.0 Å². The lowest BCUT2D eigenvalue weighted by atomic mass is 10.1. The molecule has 0 amide bonds. The Bertz CT molecular complexity index is 689. The van der Waals surface area contributed by atoms with E-state index in [1.165, 1.54) is 12.1 Å². The molecule has 0 saturated heterocycles. The first-order valence-electron chi connectivity index (χ1n) is 6.63. The summed E-state index contributed by atoms with van der Waals surface area (Å²) in [5.74, 6) is -3.84. The van der Waals surface area contributed by atoms with Crippen LogP contribution in [0.1, 0.15) is 27.6 Å². The molecule has 24 heavy (non-hydrogen) atoms. The lowest BCUT2D eigenvalue weighted by Crippen LogP contribution is -2.14. The van der Waals surface area contributed by atoms with Gasteiger partial charge in [0.15, 0.2) is 0 Å². The largest absolute Gasteiger partial charge is 0.462 e. The van der Waals surface area contributed by atoms with Crippen molar-refractivity contribution >= 4 is 23.9 Å². The molecule has 0 aliphatic heterocycles. The molecule has 0 aliphatic rings. The lowest BCUT2D eigenvalue weighted by molar-refractivity contribution is -0.228. The van der Waals surface area contributed by atoms with Crippen LogP contribution in [0.15, 0.2) is 43.5 Å². The van der Waals surface area contributed by atoms with Crippen LogP contribution in [-0.4, -0.2) is 30.5 Å². The molecular weight excluding hydrogens is 320 g/mol. The Morgan fingerprint density at radius 3 is 2.25 bits per heavy atom. The van der Waals surface area contributed by atoms with Gasteiger partial charge in [-0.15, -0.1) is 0 Å². The van der Waals surface area contributed by atoms with E-state index < -0.39 is 23.9 Å². The van der Waals surface area contributed by atoms with Crippen molar-refractivity contribution in [1.29, 1.82) is 0 Å². The summed E-state index contributed by atoms with van der Waals surface area (Å²) in [4.78, 5) is 54.2. The van der Waals surface area contributed by atoms with E-state index in [1.807, 2.05) is 0 Å². The molecule has 8 heteroatoms. The molecule has 0 unspecified atom stereocenters. The molecule has 0 aromatic heterocycles. The van der Waals surface area contributed by atoms with Crippen LogP contribution in [0.3, 0.4) is 0 Å². The van der Waals surface area contributed by atoms with Crippen molar-refractivity contribution in [3.63, 3.8) is 0 Å². The van der Waals surface area contributed by atoms with Crippen molar-refractivity contribution in [2.75, 3.05) is 6.61 Å². The molecule has 0 fully saturated rings. The second kappa shape index (κ2) is 8.89. The Kier molecular flexibility index (Phi) is 6.90. The average molecular weight is 334 g/mol. The van der Waals surface area contributed by atoms with Gasteiger partial charge in [-0.05, 0) is 25.1 Å². The van der Waals surface area contributed by atoms with Gasteiger partial charge in [-0.3, -0.25) is 0 Å². The zero-order chi connectivity index (χ0) is 18.1. The molecule has 0 heterocycles. The van der Waals surface area contributed by atoms with Crippen LogP contribution >= 0.6 is 0 Å². The molecule has 1 aromatic rings. The van der Waals surface area contributed by atoms with Crippen LogP contribution < -0.4 is 4.74 Å². The summed E-state index contributed by atoms with van der Waals surface area (Å²) in [5.41, 5.74) is -0.210. The maximum atomic E-state index is 11.8. The summed E-state index contributed by atoms with van der Waals surface area (Å²) in [6, 6.07) is 3.48. The monoisotopic (exact) mass is 334 g/mol. The second-order valence-electron chi connectivity index (χ2n) is 4.03. The summed E-state index contributed by atoms with van der Waals surface area (Å²) in [7, 11) is 0. The molecule has 1 rings (SSSR count). The normalized spacial score (nSPS) is 9.38. The molecule has 0 saturated carbocycles. The standard InChI is InChI=1S/C16H14O8/c1-4-13(17)22-12-9-10(15(19)24-23-14(18)5-2)7-8-11(12)16(20)21-6-3/h4-5,7-9H,1-2,6H2,3H3. The number of ether oxygens (including phenoxy) is 2. The highest BCUT2D eigenvalue weighted by atomic mass is 17.2. The first kappa shape index (κ1) is 18.6. The molecular formula is C16H14O8. The SMILES string of the molecule is C=CC(=O)OOC(=O)c1ccc(C(=O)OCC)c(OC(=O)C=C)c1. The van der Waals surface area contributed by atoms with Gasteiger partial charge in [0.25, 0.3) is 0 Å². The van der Waals surface area contributed by atoms with Crippen LogP contribution in [0, 0.1) is 0 Å². The van der Waals surface area contributed by atoms with Crippen LogP contribution in [0.5, 0.6) is 5.75 Å². The van der Waals surface area contributed by atoms with E-state index >= 15 is 0 Å². The quantitative estimate of drug-likeness (QED) is 0.255. The van der Waals surface area contributed by atoms with Crippen LogP contribution in [0.25, 0.3) is 0 Å². The third kappa shape index (κ3) is 5.09. The first-order valence-corrected chi connectivity index (χ1v) is 6.63. The van der Waals surface area contributed by atoms with Crippen molar-refractivity contribution in [2.45, 2.75) is 6.92 Å². The predicted octanol–water partition coefficient (Wildman–Crippen LogP) is 1.76. The Morgan fingerprint density at radius 2 is 1.67 bits per heavy atom. The van der Waals surface area contributed by atoms with Crippen molar-refractivity contribution < 1.29 is 38.4 Å². The van der Waals surface area contributed by atoms with Crippen molar-refractivity contribution in [1.82, 2.24) is 0 Å². The minimum atomic E-state index is -1.04. The molecule has 0 radical (unpaired) electrons. The Balaban J connectivity index is 3.09. The minimum Gasteiger partial charge on any atom is -0.462 e. The van der Waals surface area contributed by atoms with Gasteiger partial charge in [-0.2, -0.15) is 0 Å². The molecule has 0 bridgehead atoms. The number of esters is 2. The number of hydrogen-bond donors (Lipinski definition) is 0. The lowest BCUT2D eigenvalue weighted by Gasteiger charge is -2.10. The molecule has 0 aliphatic carbocycles. The minimum absolute atomic E-state index is 0.0771. The van der Waals surface area contributed by atoms with E-state index in [9.17, 15) is 19.2 Å². The Labute approximate surface area is 137 Å². The van der Waals surface area contributed by atoms with E-state index in [0.29, 0.717) is 0 Å². The topological polar surface area (TPSA) is 105 Å². The van der Waals surface area contributed by atoms with Crippen molar-refractivity contribution in [3.05, 3.63) is 54.6 Å². The fraction of sp³-hybridized carbons (Fsp3) is 0.125. The molecule has 1 aromatic carbocycles. The molecule has 126 valence electrons. The number of hydrogen-bond acceptors (Lipinski definition) is 8. The molecule has 0 N–H and O–H groups in total. The average Bonchev–Trinajstić information content (AvgIpc) is 2.59. The summed E-state index contributed by atoms with van der Waals surface area (Å²) in [5, 5.41) is 0. The summed E-state index contributed by atoms with van der Waals surface area (Å²) < 4.78 is 9.74. The number of carbonyl (C=O) groups excluding carboxylic acids is 4. The number of carbonyl (C=O) groups is 4. The molecule has 0 spiro atoms. The number of benzene rings is 1. The summed E-state index contributed by atoms with van der Waals surface area (Å²) in [6.07, 6.45) is 1.68. The van der Waals surface area contributed by atoms with E-state index in [1.54, 1.807) is 6.92 Å². The maximum absolute atomic E-state index is 11.8. The van der Waals surface area contributed by atoms with Crippen LogP contribution in [0.2, 0.25) is 0 Å². The Hall–Kier alpha value is -3.42. The van der Waals surface area contributed by atoms with Gasteiger partial charge < -0.3 is 9.47 Å². The van der Waals surface area contributed by atoms with Gasteiger partial charge in [0, 0.05) is 12.2 Å². The summed E-state index contributed by atoms with van der Waals surface area (Å²) >= 11 is 0. The van der Waals surface area contributed by atoms with Crippen molar-refractivity contribution in [2.24, 2.45) is 0 Å². The highest BCUT2D eigenvalue weighted by molar-refractivity contribution is 5.97. The highest BCUT2D eigenvalue weighted by Gasteiger charge is 2.20. The molecule has 0 atom stereocenters. The van der Waals surface area contributed by atoms with E-state index in [4.69, 9.17) is 9.47 Å². The fourth-order valence-corrected chi connectivity index (χ4v) is 1.42. The zero-order valence-corrected chi connectivity index (χ0v) is 12.8. The third-order valence-corrected chi connectivity index (χ3v) is 2.46. The maximum Gasteiger partial charge on any atom is 0.386 e. The zero-order valence-electron chi connectivity index (χ0n) is 12.8. The van der Waals surface area contributed by atoms with Crippen molar-refractivity contribution in [3.8, 4) is 5.75 Å². The summed E-state index contributed by atoms with van der Waals surface area (Å²) in [6.45, 7) is 8.08. The van der Waals surface area contributed by atoms with Gasteiger partial charge in [0.1, 0.15) is 11.3 Å². The van der Waals surface area contributed by atoms with Gasteiger partial charge >= 0.3 is 23.9 Å². The Morgan fingerprint density at radius 1 is 1.00 bits per heavy atom. The number of rotatable bonds is 6. The van der Waals surface area contributed by atoms with Crippen LogP contribution in [0.4, 0.5) is 0 Å². The highest BCUT2D eigenvalue weighted by Crippen LogP contribution is 2.22. The molecule has 8 nitrogen and oxygen atoms in total. The van der Waals surface area contributed by atoms with Gasteiger partial charge in [0.05, 0.1) is 12.2 Å². The second-order valence-corrected chi connectivity index (χ2v) is 4.03. The van der Waals surface area contributed by atoms with Gasteiger partial charge in [-0.1, -0.05) is 13.2 Å². The van der Waals surface area contributed by atoms with E-state index in [-0.39, 0.29) is 23.5 Å². The van der Waals surface area contributed by atoms with Gasteiger partial charge in [0.2, 0.25) is 0 Å². The predicted molar refractivity (Wildman–Crippen MR) is 79.9 cm³/mol. The fourth-order valence-electron chi connectivity index (χ4n) is 1.42. The van der Waals surface area contributed by atoms with Crippen LogP contribution in [-0.2, 0) is 24.1 Å². The smallest absolute Gasteiger partial charge is 0.386 e. The first-order chi connectivity index (χ1) is 11.4.